The Morgan fingerprint density at radius 1 is 1.50 bits per heavy atom. The van der Waals surface area contributed by atoms with Gasteiger partial charge in [-0.25, -0.2) is 13.6 Å². The molecule has 1 fully saturated rings. The maximum absolute atomic E-state index is 13.6. The van der Waals surface area contributed by atoms with E-state index in [4.69, 9.17) is 9.84 Å². The Bertz CT molecular complexity index is 302. The van der Waals surface area contributed by atoms with E-state index in [1.165, 1.54) is 0 Å². The van der Waals surface area contributed by atoms with E-state index in [0.717, 1.165) is 0 Å². The molecule has 6 heteroatoms. The van der Waals surface area contributed by atoms with Crippen LogP contribution in [0.15, 0.2) is 0 Å². The third-order valence-electron chi connectivity index (χ3n) is 3.02. The minimum atomic E-state index is -2.73. The average Bonchev–Trinajstić information content (AvgIpc) is 2.12. The molecule has 1 aliphatic heterocycles. The predicted octanol–water partition coefficient (Wildman–Crippen LogP) is 1.84. The van der Waals surface area contributed by atoms with Crippen LogP contribution in [0.25, 0.3) is 0 Å². The molecular weight excluding hydrogens is 244 g/mol. The first kappa shape index (κ1) is 15.3. The number of hydrogen-bond acceptors (Lipinski definition) is 3. The number of carbonyl (C=O) groups is 1. The summed E-state index contributed by atoms with van der Waals surface area (Å²) in [5.41, 5.74) is -0.325. The number of rotatable bonds is 4. The first-order valence-electron chi connectivity index (χ1n) is 6.02. The summed E-state index contributed by atoms with van der Waals surface area (Å²) in [6.45, 7) is 5.58. The molecule has 1 aliphatic rings. The van der Waals surface area contributed by atoms with Crippen molar-refractivity contribution in [2.75, 3.05) is 26.3 Å². The molecule has 0 aromatic heterocycles. The van der Waals surface area contributed by atoms with E-state index in [0.29, 0.717) is 6.54 Å². The molecule has 106 valence electrons. The van der Waals surface area contributed by atoms with Crippen LogP contribution in [0.2, 0.25) is 0 Å². The summed E-state index contributed by atoms with van der Waals surface area (Å²) >= 11 is 0. The van der Waals surface area contributed by atoms with Crippen molar-refractivity contribution in [1.29, 1.82) is 0 Å². The second kappa shape index (κ2) is 5.48. The Morgan fingerprint density at radius 3 is 2.61 bits per heavy atom. The Kier molecular flexibility index (Phi) is 4.66. The Hall–Kier alpha value is -0.750. The van der Waals surface area contributed by atoms with Crippen molar-refractivity contribution in [2.45, 2.75) is 38.7 Å². The molecule has 0 amide bonds. The highest BCUT2D eigenvalue weighted by atomic mass is 19.3. The lowest BCUT2D eigenvalue weighted by Crippen LogP contribution is -2.55. The predicted molar refractivity (Wildman–Crippen MR) is 62.8 cm³/mol. The van der Waals surface area contributed by atoms with Crippen LogP contribution in [0.1, 0.15) is 27.2 Å². The van der Waals surface area contributed by atoms with Crippen molar-refractivity contribution in [2.24, 2.45) is 5.92 Å². The van der Waals surface area contributed by atoms with E-state index in [9.17, 15) is 13.6 Å². The van der Waals surface area contributed by atoms with E-state index in [1.54, 1.807) is 4.90 Å². The number of aliphatic carboxylic acids is 1. The molecule has 0 aromatic rings. The molecule has 0 spiro atoms. The number of ether oxygens (including phenoxy) is 1. The second-order valence-electron chi connectivity index (χ2n) is 5.89. The van der Waals surface area contributed by atoms with Gasteiger partial charge in [0.25, 0.3) is 5.92 Å². The Morgan fingerprint density at radius 2 is 2.11 bits per heavy atom. The van der Waals surface area contributed by atoms with E-state index in [2.05, 4.69) is 0 Å². The zero-order valence-electron chi connectivity index (χ0n) is 11.1. The monoisotopic (exact) mass is 265 g/mol. The van der Waals surface area contributed by atoms with Crippen LogP contribution in [-0.2, 0) is 9.53 Å². The summed E-state index contributed by atoms with van der Waals surface area (Å²) in [6, 6.07) is 0. The molecule has 0 aromatic carbocycles. The smallest absolute Gasteiger partial charge is 0.329 e. The number of hydrogen-bond donors (Lipinski definition) is 1. The lowest BCUT2D eigenvalue weighted by Gasteiger charge is -2.44. The van der Waals surface area contributed by atoms with Crippen LogP contribution in [-0.4, -0.2) is 53.7 Å². The summed E-state index contributed by atoms with van der Waals surface area (Å²) < 4.78 is 32.1. The molecule has 0 bridgehead atoms. The minimum absolute atomic E-state index is 0.0640. The van der Waals surface area contributed by atoms with Gasteiger partial charge >= 0.3 is 5.97 Å². The van der Waals surface area contributed by atoms with Gasteiger partial charge in [0.2, 0.25) is 0 Å². The van der Waals surface area contributed by atoms with Crippen molar-refractivity contribution in [3.63, 3.8) is 0 Å². The van der Waals surface area contributed by atoms with Crippen LogP contribution in [0.3, 0.4) is 0 Å². The number of alkyl halides is 2. The number of halogens is 2. The Balaban J connectivity index is 2.55. The Labute approximate surface area is 106 Å². The van der Waals surface area contributed by atoms with Gasteiger partial charge in [0, 0.05) is 24.4 Å². The number of piperidine rings is 1. The van der Waals surface area contributed by atoms with E-state index in [-0.39, 0.29) is 31.0 Å². The zero-order valence-corrected chi connectivity index (χ0v) is 11.1. The lowest BCUT2D eigenvalue weighted by atomic mass is 9.91. The fourth-order valence-electron chi connectivity index (χ4n) is 2.14. The molecular formula is C12H21F2NO3. The third-order valence-corrected chi connectivity index (χ3v) is 3.02. The maximum atomic E-state index is 13.6. The molecule has 1 heterocycles. The van der Waals surface area contributed by atoms with E-state index < -0.39 is 18.5 Å². The van der Waals surface area contributed by atoms with Crippen LogP contribution >= 0.6 is 0 Å². The van der Waals surface area contributed by atoms with Gasteiger partial charge in [-0.05, 0) is 20.8 Å². The average molecular weight is 265 g/mol. The standard InChI is InChI=1S/C12H21F2NO3/c1-11(2,3)15-5-9(4-12(13,14)8-15)6-18-7-10(16)17/h9H,4-8H2,1-3H3,(H,16,17). The van der Waals surface area contributed by atoms with Gasteiger partial charge in [0.1, 0.15) is 6.61 Å². The molecule has 1 unspecified atom stereocenters. The van der Waals surface area contributed by atoms with Crippen LogP contribution in [0.4, 0.5) is 8.78 Å². The fraction of sp³-hybridized carbons (Fsp3) is 0.917. The molecule has 1 N–H and O–H groups in total. The van der Waals surface area contributed by atoms with Gasteiger partial charge in [-0.2, -0.15) is 0 Å². The highest BCUT2D eigenvalue weighted by Gasteiger charge is 2.43. The summed E-state index contributed by atoms with van der Waals surface area (Å²) in [6.07, 6.45) is -0.237. The van der Waals surface area contributed by atoms with Gasteiger partial charge in [-0.3, -0.25) is 4.90 Å². The van der Waals surface area contributed by atoms with E-state index in [1.807, 2.05) is 20.8 Å². The van der Waals surface area contributed by atoms with Crippen LogP contribution < -0.4 is 0 Å². The largest absolute Gasteiger partial charge is 0.480 e. The highest BCUT2D eigenvalue weighted by molar-refractivity contribution is 5.67. The van der Waals surface area contributed by atoms with Crippen molar-refractivity contribution in [3.8, 4) is 0 Å². The number of carboxylic acids is 1. The molecule has 4 nitrogen and oxygen atoms in total. The maximum Gasteiger partial charge on any atom is 0.329 e. The fourth-order valence-corrected chi connectivity index (χ4v) is 2.14. The molecule has 1 atom stereocenters. The van der Waals surface area contributed by atoms with Crippen molar-refractivity contribution < 1.29 is 23.4 Å². The number of likely N-dealkylation sites (tertiary alicyclic amines) is 1. The molecule has 0 saturated carbocycles. The molecule has 1 rings (SSSR count). The lowest BCUT2D eigenvalue weighted by molar-refractivity contribution is -0.145. The van der Waals surface area contributed by atoms with Gasteiger partial charge in [0.15, 0.2) is 0 Å². The SMILES string of the molecule is CC(C)(C)N1CC(COCC(=O)O)CC(F)(F)C1. The van der Waals surface area contributed by atoms with Crippen molar-refractivity contribution in [1.82, 2.24) is 4.90 Å². The molecule has 1 saturated heterocycles. The first-order chi connectivity index (χ1) is 8.10. The summed E-state index contributed by atoms with van der Waals surface area (Å²) in [5, 5.41) is 8.44. The van der Waals surface area contributed by atoms with Gasteiger partial charge in [-0.1, -0.05) is 0 Å². The van der Waals surface area contributed by atoms with E-state index >= 15 is 0 Å². The highest BCUT2D eigenvalue weighted by Crippen LogP contribution is 2.33. The minimum Gasteiger partial charge on any atom is -0.480 e. The second-order valence-corrected chi connectivity index (χ2v) is 5.89. The van der Waals surface area contributed by atoms with Gasteiger partial charge in [0.05, 0.1) is 13.2 Å². The van der Waals surface area contributed by atoms with Crippen molar-refractivity contribution in [3.05, 3.63) is 0 Å². The summed E-state index contributed by atoms with van der Waals surface area (Å²) in [4.78, 5) is 12.0. The number of carboxylic acid groups (broad SMARTS) is 1. The summed E-state index contributed by atoms with van der Waals surface area (Å²) in [7, 11) is 0. The first-order valence-corrected chi connectivity index (χ1v) is 6.02. The third kappa shape index (κ3) is 4.86. The van der Waals surface area contributed by atoms with Crippen LogP contribution in [0.5, 0.6) is 0 Å². The van der Waals surface area contributed by atoms with Crippen LogP contribution in [0, 0.1) is 5.92 Å². The molecule has 0 radical (unpaired) electrons. The summed E-state index contributed by atoms with van der Waals surface area (Å²) in [5.74, 6) is -4.14. The molecule has 18 heavy (non-hydrogen) atoms. The normalized spacial score (nSPS) is 25.1. The topological polar surface area (TPSA) is 49.8 Å². The molecule has 0 aliphatic carbocycles. The quantitative estimate of drug-likeness (QED) is 0.842. The number of nitrogens with zero attached hydrogens (tertiary/aromatic N) is 1. The zero-order chi connectivity index (χ0) is 14.0. The van der Waals surface area contributed by atoms with Gasteiger partial charge in [-0.15, -0.1) is 0 Å². The van der Waals surface area contributed by atoms with Crippen molar-refractivity contribution >= 4 is 5.97 Å². The van der Waals surface area contributed by atoms with Gasteiger partial charge < -0.3 is 9.84 Å².